The Hall–Kier alpha value is -4.43. The number of hydrogen-bond acceptors (Lipinski definition) is 1. The fourth-order valence-electron chi connectivity index (χ4n) is 5.78. The van der Waals surface area contributed by atoms with Crippen molar-refractivity contribution in [3.8, 4) is 44.5 Å². The monoisotopic (exact) mass is 492 g/mol. The third-order valence-electron chi connectivity index (χ3n) is 7.42. The second-order valence-corrected chi connectivity index (χ2v) is 10.5. The van der Waals surface area contributed by atoms with Crippen LogP contribution in [0.15, 0.2) is 103 Å². The molecule has 0 spiro atoms. The van der Waals surface area contributed by atoms with Crippen LogP contribution in [0.5, 0.6) is 0 Å². The van der Waals surface area contributed by atoms with Crippen LogP contribution in [0.1, 0.15) is 22.3 Å². The first kappa shape index (κ1) is 23.9. The van der Waals surface area contributed by atoms with Crippen LogP contribution in [0.25, 0.3) is 55.4 Å². The van der Waals surface area contributed by atoms with Crippen LogP contribution in [0.4, 0.5) is 0 Å². The lowest BCUT2D eigenvalue weighted by atomic mass is 9.80. The smallest absolute Gasteiger partial charge is 0.0770 e. The molecule has 0 unspecified atom stereocenters. The van der Waals surface area contributed by atoms with Crippen LogP contribution in [0.2, 0.25) is 0 Å². The molecule has 38 heavy (non-hydrogen) atoms. The molecule has 2 heteroatoms. The third-order valence-corrected chi connectivity index (χ3v) is 7.42. The van der Waals surface area contributed by atoms with E-state index in [4.69, 9.17) is 5.10 Å². The molecule has 1 aromatic heterocycles. The quantitative estimate of drug-likeness (QED) is 0.240. The summed E-state index contributed by atoms with van der Waals surface area (Å²) < 4.78 is 2.05. The van der Waals surface area contributed by atoms with Gasteiger partial charge in [-0.15, -0.1) is 0 Å². The van der Waals surface area contributed by atoms with E-state index in [1.54, 1.807) is 0 Å². The highest BCUT2D eigenvalue weighted by molar-refractivity contribution is 6.17. The summed E-state index contributed by atoms with van der Waals surface area (Å²) in [5.41, 5.74) is 15.9. The molecule has 0 radical (unpaired) electrons. The largest absolute Gasteiger partial charge is 0.267 e. The first-order valence-corrected chi connectivity index (χ1v) is 13.2. The van der Waals surface area contributed by atoms with Crippen molar-refractivity contribution in [1.82, 2.24) is 9.78 Å². The number of nitrogens with zero attached hydrogens (tertiary/aromatic N) is 2. The minimum absolute atomic E-state index is 1.15. The van der Waals surface area contributed by atoms with Crippen LogP contribution >= 0.6 is 0 Å². The molecule has 0 atom stereocenters. The molecule has 0 aliphatic rings. The topological polar surface area (TPSA) is 17.8 Å². The van der Waals surface area contributed by atoms with Crippen molar-refractivity contribution >= 4 is 10.9 Å². The molecule has 186 valence electrons. The van der Waals surface area contributed by atoms with Crippen LogP contribution in [-0.4, -0.2) is 9.78 Å². The van der Waals surface area contributed by atoms with Crippen molar-refractivity contribution in [3.63, 3.8) is 0 Å². The first-order chi connectivity index (χ1) is 18.4. The summed E-state index contributed by atoms with van der Waals surface area (Å²) in [7, 11) is 2.06. The van der Waals surface area contributed by atoms with Gasteiger partial charge in [-0.25, -0.2) is 0 Å². The molecule has 0 aliphatic carbocycles. The van der Waals surface area contributed by atoms with Gasteiger partial charge in [0.15, 0.2) is 0 Å². The minimum Gasteiger partial charge on any atom is -0.267 e. The third kappa shape index (κ3) is 4.13. The predicted molar refractivity (Wildman–Crippen MR) is 161 cm³/mol. The molecule has 6 rings (SSSR count). The molecule has 6 aromatic rings. The maximum atomic E-state index is 4.83. The molecule has 0 fully saturated rings. The highest BCUT2D eigenvalue weighted by Crippen LogP contribution is 2.51. The molecule has 0 amide bonds. The number of hydrogen-bond donors (Lipinski definition) is 0. The van der Waals surface area contributed by atoms with E-state index in [2.05, 4.69) is 132 Å². The van der Waals surface area contributed by atoms with Crippen molar-refractivity contribution in [1.29, 1.82) is 0 Å². The van der Waals surface area contributed by atoms with E-state index in [9.17, 15) is 0 Å². The summed E-state index contributed by atoms with van der Waals surface area (Å²) in [5, 5.41) is 6.00. The van der Waals surface area contributed by atoms with E-state index < -0.39 is 0 Å². The van der Waals surface area contributed by atoms with Gasteiger partial charge < -0.3 is 0 Å². The second-order valence-electron chi connectivity index (χ2n) is 10.5. The van der Waals surface area contributed by atoms with Crippen LogP contribution in [-0.2, 0) is 7.05 Å². The van der Waals surface area contributed by atoms with Crippen molar-refractivity contribution in [2.24, 2.45) is 7.05 Å². The number of aromatic nitrogens is 2. The fourth-order valence-corrected chi connectivity index (χ4v) is 5.78. The Kier molecular flexibility index (Phi) is 5.96. The average molecular weight is 493 g/mol. The van der Waals surface area contributed by atoms with Gasteiger partial charge in [-0.2, -0.15) is 5.10 Å². The summed E-state index contributed by atoms with van der Waals surface area (Å²) >= 11 is 0. The normalized spacial score (nSPS) is 11.3. The van der Waals surface area contributed by atoms with E-state index in [0.717, 1.165) is 5.52 Å². The molecule has 0 saturated heterocycles. The Balaban J connectivity index is 1.92. The molecule has 0 aliphatic heterocycles. The van der Waals surface area contributed by atoms with E-state index >= 15 is 0 Å². The zero-order valence-electron chi connectivity index (χ0n) is 22.7. The summed E-state index contributed by atoms with van der Waals surface area (Å²) in [6.07, 6.45) is 2.05. The lowest BCUT2D eigenvalue weighted by Crippen LogP contribution is -2.00. The van der Waals surface area contributed by atoms with Gasteiger partial charge in [0.05, 0.1) is 11.7 Å². The van der Waals surface area contributed by atoms with Gasteiger partial charge in [-0.1, -0.05) is 119 Å². The van der Waals surface area contributed by atoms with E-state index in [0.29, 0.717) is 0 Å². The van der Waals surface area contributed by atoms with E-state index in [-0.39, 0.29) is 0 Å². The SMILES string of the molecule is Cc1cccc(-c2c(-c3cccc(C)c3)c(-c3cccc(C)c3)c3c(cnn3C)c2-c2cccc(C)c2)c1. The maximum absolute atomic E-state index is 4.83. The number of aryl methyl sites for hydroxylation is 5. The second kappa shape index (κ2) is 9.46. The predicted octanol–water partition coefficient (Wildman–Crippen LogP) is 9.47. The molecular formula is C36H32N2. The zero-order valence-corrected chi connectivity index (χ0v) is 22.7. The summed E-state index contributed by atoms with van der Waals surface area (Å²) in [5.74, 6) is 0. The number of rotatable bonds is 4. The lowest BCUT2D eigenvalue weighted by molar-refractivity contribution is 0.797. The minimum atomic E-state index is 1.15. The Morgan fingerprint density at radius 1 is 0.474 bits per heavy atom. The van der Waals surface area contributed by atoms with Crippen LogP contribution in [0.3, 0.4) is 0 Å². The standard InChI is InChI=1S/C36H32N2/c1-23-10-6-14-27(18-23)32-31-22-37-38(5)36(31)35(30-17-9-13-26(4)21-30)34(29-16-8-12-25(3)20-29)33(32)28-15-7-11-24(2)19-28/h6-22H,1-5H3. The summed E-state index contributed by atoms with van der Waals surface area (Å²) in [6, 6.07) is 35.5. The first-order valence-electron chi connectivity index (χ1n) is 13.2. The molecule has 5 aromatic carbocycles. The summed E-state index contributed by atoms with van der Waals surface area (Å²) in [6.45, 7) is 8.68. The molecule has 2 nitrogen and oxygen atoms in total. The van der Waals surface area contributed by atoms with Gasteiger partial charge in [0, 0.05) is 29.1 Å². The Morgan fingerprint density at radius 3 is 1.26 bits per heavy atom. The van der Waals surface area contributed by atoms with Crippen molar-refractivity contribution in [3.05, 3.63) is 126 Å². The zero-order chi connectivity index (χ0) is 26.4. The fraction of sp³-hybridized carbons (Fsp3) is 0.139. The van der Waals surface area contributed by atoms with Gasteiger partial charge in [0.1, 0.15) is 0 Å². The molecular weight excluding hydrogens is 460 g/mol. The highest BCUT2D eigenvalue weighted by Gasteiger charge is 2.26. The van der Waals surface area contributed by atoms with Gasteiger partial charge in [0.2, 0.25) is 0 Å². The summed E-state index contributed by atoms with van der Waals surface area (Å²) in [4.78, 5) is 0. The van der Waals surface area contributed by atoms with Gasteiger partial charge in [-0.3, -0.25) is 4.68 Å². The number of benzene rings is 5. The lowest BCUT2D eigenvalue weighted by Gasteiger charge is -2.23. The van der Waals surface area contributed by atoms with E-state index in [1.807, 2.05) is 10.9 Å². The van der Waals surface area contributed by atoms with E-state index in [1.165, 1.54) is 72.1 Å². The van der Waals surface area contributed by atoms with Crippen LogP contribution in [0, 0.1) is 27.7 Å². The van der Waals surface area contributed by atoms with Gasteiger partial charge in [0.25, 0.3) is 0 Å². The van der Waals surface area contributed by atoms with Gasteiger partial charge >= 0.3 is 0 Å². The molecule has 0 saturated carbocycles. The Bertz CT molecular complexity index is 1820. The maximum Gasteiger partial charge on any atom is 0.0770 e. The van der Waals surface area contributed by atoms with Crippen molar-refractivity contribution in [2.75, 3.05) is 0 Å². The molecule has 0 bridgehead atoms. The van der Waals surface area contributed by atoms with Crippen molar-refractivity contribution < 1.29 is 0 Å². The number of fused-ring (bicyclic) bond motifs is 1. The van der Waals surface area contributed by atoms with Crippen molar-refractivity contribution in [2.45, 2.75) is 27.7 Å². The Labute approximate surface area is 225 Å². The van der Waals surface area contributed by atoms with Gasteiger partial charge in [-0.05, 0) is 55.5 Å². The average Bonchev–Trinajstić information content (AvgIpc) is 3.28. The molecule has 1 heterocycles. The Morgan fingerprint density at radius 2 is 0.842 bits per heavy atom. The highest BCUT2D eigenvalue weighted by atomic mass is 15.2. The molecule has 0 N–H and O–H groups in total. The van der Waals surface area contributed by atoms with Crippen LogP contribution < -0.4 is 0 Å².